The van der Waals surface area contributed by atoms with Gasteiger partial charge in [-0.15, -0.1) is 0 Å². The third-order valence-corrected chi connectivity index (χ3v) is 6.95. The standard InChI is InChI=1S/C30H33NO4/c1-30(28-14-5-7-20-31-28,35-29-15-6-8-21-33-29)34-27-19-18-24-23(12-9-13-26(24)32)25(27)17-16-22-10-3-2-4-11-22/h2-5,7,10-11,14,18-20,29H,6,8-9,12-13,15-17,21H2,1H3. The van der Waals surface area contributed by atoms with Crippen molar-refractivity contribution >= 4 is 5.78 Å². The van der Waals surface area contributed by atoms with Gasteiger partial charge in [-0.3, -0.25) is 9.78 Å². The number of Topliss-reactive ketones (excluding diaryl/α,β-unsaturated/α-hetero) is 1. The van der Waals surface area contributed by atoms with Gasteiger partial charge in [-0.2, -0.15) is 0 Å². The Labute approximate surface area is 207 Å². The molecule has 2 atom stereocenters. The average Bonchev–Trinajstić information content (AvgIpc) is 2.90. The molecule has 2 heterocycles. The lowest BCUT2D eigenvalue weighted by Gasteiger charge is -2.36. The lowest BCUT2D eigenvalue weighted by atomic mass is 9.85. The van der Waals surface area contributed by atoms with Gasteiger partial charge in [-0.25, -0.2) is 0 Å². The van der Waals surface area contributed by atoms with Gasteiger partial charge in [0, 0.05) is 31.7 Å². The summed E-state index contributed by atoms with van der Waals surface area (Å²) in [6, 6.07) is 20.1. The Balaban J connectivity index is 1.51. The van der Waals surface area contributed by atoms with E-state index >= 15 is 0 Å². The van der Waals surface area contributed by atoms with E-state index in [1.807, 2.05) is 43.3 Å². The van der Waals surface area contributed by atoms with Crippen molar-refractivity contribution in [3.05, 3.63) is 94.8 Å². The summed E-state index contributed by atoms with van der Waals surface area (Å²) in [5, 5.41) is 0. The third kappa shape index (κ3) is 5.47. The molecule has 3 aromatic rings. The minimum atomic E-state index is -1.13. The Kier molecular flexibility index (Phi) is 7.26. The highest BCUT2D eigenvalue weighted by molar-refractivity contribution is 5.99. The van der Waals surface area contributed by atoms with Crippen LogP contribution in [0.2, 0.25) is 0 Å². The van der Waals surface area contributed by atoms with Crippen molar-refractivity contribution in [3.63, 3.8) is 0 Å². The molecule has 0 saturated carbocycles. The summed E-state index contributed by atoms with van der Waals surface area (Å²) in [6.45, 7) is 2.60. The highest BCUT2D eigenvalue weighted by atomic mass is 16.8. The molecule has 1 aliphatic heterocycles. The number of carbonyl (C=O) groups excluding carboxylic acids is 1. The fourth-order valence-corrected chi connectivity index (χ4v) is 5.10. The highest BCUT2D eigenvalue weighted by Crippen LogP contribution is 2.38. The van der Waals surface area contributed by atoms with Crippen LogP contribution in [-0.4, -0.2) is 23.7 Å². The van der Waals surface area contributed by atoms with Crippen LogP contribution in [0.1, 0.15) is 71.8 Å². The number of aryl methyl sites for hydroxylation is 1. The molecule has 1 aliphatic carbocycles. The highest BCUT2D eigenvalue weighted by Gasteiger charge is 2.37. The monoisotopic (exact) mass is 471 g/mol. The molecule has 0 spiro atoms. The van der Waals surface area contributed by atoms with Gasteiger partial charge in [-0.05, 0) is 85.9 Å². The molecular formula is C30H33NO4. The van der Waals surface area contributed by atoms with E-state index in [1.54, 1.807) is 6.20 Å². The zero-order chi connectivity index (χ0) is 24.1. The lowest BCUT2D eigenvalue weighted by Crippen LogP contribution is -2.40. The van der Waals surface area contributed by atoms with Gasteiger partial charge in [0.05, 0.1) is 0 Å². The second-order valence-corrected chi connectivity index (χ2v) is 9.51. The first-order valence-corrected chi connectivity index (χ1v) is 12.7. The second-order valence-electron chi connectivity index (χ2n) is 9.51. The van der Waals surface area contributed by atoms with Crippen molar-refractivity contribution in [1.29, 1.82) is 0 Å². The van der Waals surface area contributed by atoms with Crippen molar-refractivity contribution in [2.45, 2.75) is 70.4 Å². The zero-order valence-electron chi connectivity index (χ0n) is 20.4. The number of hydrogen-bond acceptors (Lipinski definition) is 5. The molecule has 2 aromatic carbocycles. The van der Waals surface area contributed by atoms with Crippen LogP contribution in [-0.2, 0) is 34.5 Å². The first-order valence-electron chi connectivity index (χ1n) is 12.7. The normalized spacial score (nSPS) is 19.6. The van der Waals surface area contributed by atoms with Crippen molar-refractivity contribution < 1.29 is 19.0 Å². The molecule has 1 aromatic heterocycles. The largest absolute Gasteiger partial charge is 0.456 e. The minimum Gasteiger partial charge on any atom is -0.456 e. The molecule has 0 radical (unpaired) electrons. The maximum Gasteiger partial charge on any atom is 0.253 e. The smallest absolute Gasteiger partial charge is 0.253 e. The summed E-state index contributed by atoms with van der Waals surface area (Å²) >= 11 is 0. The fraction of sp³-hybridized carbons (Fsp3) is 0.400. The van der Waals surface area contributed by atoms with Crippen molar-refractivity contribution in [2.75, 3.05) is 6.61 Å². The molecule has 35 heavy (non-hydrogen) atoms. The van der Waals surface area contributed by atoms with E-state index in [-0.39, 0.29) is 12.1 Å². The Hall–Kier alpha value is -3.02. The van der Waals surface area contributed by atoms with Gasteiger partial charge in [0.1, 0.15) is 11.4 Å². The predicted molar refractivity (Wildman–Crippen MR) is 134 cm³/mol. The molecule has 0 bridgehead atoms. The van der Waals surface area contributed by atoms with Crippen LogP contribution in [0.25, 0.3) is 0 Å². The molecule has 5 rings (SSSR count). The first-order chi connectivity index (χ1) is 17.1. The van der Waals surface area contributed by atoms with Crippen LogP contribution in [0.3, 0.4) is 0 Å². The molecule has 2 unspecified atom stereocenters. The molecule has 1 saturated heterocycles. The number of benzene rings is 2. The van der Waals surface area contributed by atoms with Crippen molar-refractivity contribution in [2.24, 2.45) is 0 Å². The number of hydrogen-bond donors (Lipinski definition) is 0. The average molecular weight is 472 g/mol. The molecule has 0 amide bonds. The number of carbonyl (C=O) groups is 1. The fourth-order valence-electron chi connectivity index (χ4n) is 5.10. The summed E-state index contributed by atoms with van der Waals surface area (Å²) in [5.41, 5.74) is 5.00. The number of rotatable bonds is 8. The Morgan fingerprint density at radius 2 is 1.83 bits per heavy atom. The molecular weight excluding hydrogens is 438 g/mol. The van der Waals surface area contributed by atoms with Gasteiger partial charge in [0.2, 0.25) is 0 Å². The topological polar surface area (TPSA) is 57.7 Å². The lowest BCUT2D eigenvalue weighted by molar-refractivity contribution is -0.288. The minimum absolute atomic E-state index is 0.220. The summed E-state index contributed by atoms with van der Waals surface area (Å²) in [4.78, 5) is 17.3. The maximum absolute atomic E-state index is 12.7. The van der Waals surface area contributed by atoms with E-state index in [4.69, 9.17) is 14.2 Å². The predicted octanol–water partition coefficient (Wildman–Crippen LogP) is 6.18. The quantitative estimate of drug-likeness (QED) is 0.367. The van der Waals surface area contributed by atoms with Crippen LogP contribution in [0.5, 0.6) is 5.75 Å². The van der Waals surface area contributed by atoms with E-state index in [1.165, 1.54) is 5.56 Å². The van der Waals surface area contributed by atoms with Crippen molar-refractivity contribution in [3.8, 4) is 5.75 Å². The van der Waals surface area contributed by atoms with Crippen LogP contribution < -0.4 is 4.74 Å². The van der Waals surface area contributed by atoms with Crippen molar-refractivity contribution in [1.82, 2.24) is 4.98 Å². The summed E-state index contributed by atoms with van der Waals surface area (Å²) in [7, 11) is 0. The van der Waals surface area contributed by atoms with Gasteiger partial charge < -0.3 is 14.2 Å². The molecule has 182 valence electrons. The summed E-state index contributed by atoms with van der Waals surface area (Å²) in [5.74, 6) is -0.158. The zero-order valence-corrected chi connectivity index (χ0v) is 20.4. The molecule has 5 nitrogen and oxygen atoms in total. The maximum atomic E-state index is 12.7. The van der Waals surface area contributed by atoms with E-state index < -0.39 is 5.79 Å². The van der Waals surface area contributed by atoms with Crippen LogP contribution in [0, 0.1) is 0 Å². The molecule has 5 heteroatoms. The van der Waals surface area contributed by atoms with E-state index in [0.717, 1.165) is 67.4 Å². The van der Waals surface area contributed by atoms with Crippen LogP contribution in [0.15, 0.2) is 66.9 Å². The summed E-state index contributed by atoms with van der Waals surface area (Å²) in [6.07, 6.45) is 8.36. The van der Waals surface area contributed by atoms with E-state index in [0.29, 0.717) is 18.7 Å². The third-order valence-electron chi connectivity index (χ3n) is 6.95. The van der Waals surface area contributed by atoms with Gasteiger partial charge >= 0.3 is 0 Å². The van der Waals surface area contributed by atoms with E-state index in [9.17, 15) is 4.79 Å². The van der Waals surface area contributed by atoms with Gasteiger partial charge in [0.15, 0.2) is 12.1 Å². The number of pyridine rings is 1. The number of nitrogens with zero attached hydrogens (tertiary/aromatic N) is 1. The molecule has 1 fully saturated rings. The Bertz CT molecular complexity index is 1140. The number of ketones is 1. The van der Waals surface area contributed by atoms with Gasteiger partial charge in [-0.1, -0.05) is 36.4 Å². The Morgan fingerprint density at radius 3 is 2.60 bits per heavy atom. The first kappa shape index (κ1) is 23.7. The SMILES string of the molecule is CC(Oc1ccc2c(c1CCc1ccccc1)CCCC2=O)(OC1CCCCO1)c1ccccn1. The molecule has 2 aliphatic rings. The Morgan fingerprint density at radius 1 is 0.971 bits per heavy atom. The summed E-state index contributed by atoms with van der Waals surface area (Å²) < 4.78 is 19.1. The molecule has 0 N–H and O–H groups in total. The number of fused-ring (bicyclic) bond motifs is 1. The second kappa shape index (κ2) is 10.7. The number of ether oxygens (including phenoxy) is 3. The number of aromatic nitrogens is 1. The van der Waals surface area contributed by atoms with Crippen LogP contribution in [0.4, 0.5) is 0 Å². The van der Waals surface area contributed by atoms with Crippen LogP contribution >= 0.6 is 0 Å². The van der Waals surface area contributed by atoms with Gasteiger partial charge in [0.25, 0.3) is 5.79 Å². The van der Waals surface area contributed by atoms with E-state index in [2.05, 4.69) is 29.2 Å².